The fourth-order valence-corrected chi connectivity index (χ4v) is 5.37. The van der Waals surface area contributed by atoms with E-state index in [0.29, 0.717) is 10.1 Å². The highest BCUT2D eigenvalue weighted by Crippen LogP contribution is 2.26. The van der Waals surface area contributed by atoms with E-state index in [-0.39, 0.29) is 12.6 Å². The smallest absolute Gasteiger partial charge is 0.250 e. The number of hydrogen-bond donors (Lipinski definition) is 2. The Morgan fingerprint density at radius 1 is 1.45 bits per heavy atom. The summed E-state index contributed by atoms with van der Waals surface area (Å²) in [5.41, 5.74) is 6.02. The van der Waals surface area contributed by atoms with Crippen molar-refractivity contribution >= 4 is 37.3 Å². The first kappa shape index (κ1) is 16.4. The van der Waals surface area contributed by atoms with E-state index in [1.165, 1.54) is 11.3 Å². The first-order chi connectivity index (χ1) is 9.47. The maximum atomic E-state index is 12.0. The molecule has 1 aliphatic heterocycles. The van der Waals surface area contributed by atoms with Gasteiger partial charge in [-0.1, -0.05) is 0 Å². The molecule has 1 atom stereocenters. The number of halogens is 1. The lowest BCUT2D eigenvalue weighted by molar-refractivity contribution is 0.0620. The standard InChI is InChI=1S/C12H19BrN2O3S2/c13-11-1-2-12(19-11)20(16,17)15-8-10(14)7-9-3-5-18-6-4-9/h1-2,9-10,15H,3-8,14H2/t10-/m0/s1. The van der Waals surface area contributed by atoms with Gasteiger partial charge < -0.3 is 10.5 Å². The molecule has 0 amide bonds. The van der Waals surface area contributed by atoms with Crippen molar-refractivity contribution in [3.63, 3.8) is 0 Å². The molecule has 1 saturated heterocycles. The highest BCUT2D eigenvalue weighted by atomic mass is 79.9. The van der Waals surface area contributed by atoms with Crippen LogP contribution in [0.5, 0.6) is 0 Å². The van der Waals surface area contributed by atoms with Crippen LogP contribution in [0.2, 0.25) is 0 Å². The number of thiophene rings is 1. The van der Waals surface area contributed by atoms with E-state index in [1.54, 1.807) is 12.1 Å². The third-order valence-corrected chi connectivity index (χ3v) is 6.86. The van der Waals surface area contributed by atoms with E-state index in [1.807, 2.05) is 0 Å². The topological polar surface area (TPSA) is 81.4 Å². The third-order valence-electron chi connectivity index (χ3n) is 3.33. The number of hydrogen-bond acceptors (Lipinski definition) is 5. The fourth-order valence-electron chi connectivity index (χ4n) is 2.22. The quantitative estimate of drug-likeness (QED) is 0.787. The Kier molecular flexibility index (Phi) is 6.00. The molecular formula is C12H19BrN2O3S2. The van der Waals surface area contributed by atoms with Gasteiger partial charge >= 0.3 is 0 Å². The zero-order chi connectivity index (χ0) is 14.6. The van der Waals surface area contributed by atoms with Gasteiger partial charge in [0.1, 0.15) is 4.21 Å². The van der Waals surface area contributed by atoms with Crippen molar-refractivity contribution in [1.29, 1.82) is 0 Å². The molecule has 0 radical (unpaired) electrons. The summed E-state index contributed by atoms with van der Waals surface area (Å²) >= 11 is 4.45. The van der Waals surface area contributed by atoms with Gasteiger partial charge in [0.2, 0.25) is 10.0 Å². The average Bonchev–Trinajstić information content (AvgIpc) is 2.85. The molecule has 5 nitrogen and oxygen atoms in total. The second kappa shape index (κ2) is 7.33. The van der Waals surface area contributed by atoms with Gasteiger partial charge in [-0.15, -0.1) is 11.3 Å². The highest BCUT2D eigenvalue weighted by molar-refractivity contribution is 9.11. The molecule has 0 unspecified atom stereocenters. The maximum absolute atomic E-state index is 12.0. The largest absolute Gasteiger partial charge is 0.381 e. The molecule has 3 N–H and O–H groups in total. The summed E-state index contributed by atoms with van der Waals surface area (Å²) in [5.74, 6) is 0.541. The summed E-state index contributed by atoms with van der Waals surface area (Å²) in [5, 5.41) is 0. The first-order valence-corrected chi connectivity index (χ1v) is 9.65. The Bertz CT molecular complexity index is 527. The molecule has 1 aliphatic rings. The van der Waals surface area contributed by atoms with E-state index >= 15 is 0 Å². The Hall–Kier alpha value is 0.01000. The van der Waals surface area contributed by atoms with E-state index < -0.39 is 10.0 Å². The van der Waals surface area contributed by atoms with Gasteiger partial charge in [0, 0.05) is 25.8 Å². The maximum Gasteiger partial charge on any atom is 0.250 e. The monoisotopic (exact) mass is 382 g/mol. The number of nitrogens with two attached hydrogens (primary N) is 1. The molecule has 0 bridgehead atoms. The van der Waals surface area contributed by atoms with Crippen LogP contribution in [0.4, 0.5) is 0 Å². The van der Waals surface area contributed by atoms with Crippen molar-refractivity contribution < 1.29 is 13.2 Å². The summed E-state index contributed by atoms with van der Waals surface area (Å²) < 4.78 is 33.1. The Labute approximate surface area is 132 Å². The van der Waals surface area contributed by atoms with Gasteiger partial charge in [0.15, 0.2) is 0 Å². The normalized spacial score (nSPS) is 19.1. The van der Waals surface area contributed by atoms with Crippen molar-refractivity contribution in [3.8, 4) is 0 Å². The molecule has 0 aromatic carbocycles. The lowest BCUT2D eigenvalue weighted by atomic mass is 9.93. The molecule has 1 aromatic heterocycles. The van der Waals surface area contributed by atoms with E-state index in [9.17, 15) is 8.42 Å². The molecule has 1 fully saturated rings. The van der Waals surface area contributed by atoms with Gasteiger partial charge in [0.25, 0.3) is 0 Å². The molecule has 0 aliphatic carbocycles. The van der Waals surface area contributed by atoms with Crippen LogP contribution in [0.15, 0.2) is 20.1 Å². The summed E-state index contributed by atoms with van der Waals surface area (Å²) in [4.78, 5) is 0. The van der Waals surface area contributed by atoms with Crippen LogP contribution in [0, 0.1) is 5.92 Å². The van der Waals surface area contributed by atoms with Crippen LogP contribution in [-0.4, -0.2) is 34.2 Å². The zero-order valence-corrected chi connectivity index (χ0v) is 14.3. The van der Waals surface area contributed by atoms with Crippen molar-refractivity contribution in [1.82, 2.24) is 4.72 Å². The van der Waals surface area contributed by atoms with Crippen LogP contribution in [-0.2, 0) is 14.8 Å². The first-order valence-electron chi connectivity index (χ1n) is 6.55. The van der Waals surface area contributed by atoms with Gasteiger partial charge in [0.05, 0.1) is 3.79 Å². The molecule has 114 valence electrons. The third kappa shape index (κ3) is 4.78. The molecule has 1 aromatic rings. The Morgan fingerprint density at radius 2 is 2.15 bits per heavy atom. The van der Waals surface area contributed by atoms with Crippen LogP contribution < -0.4 is 10.5 Å². The Morgan fingerprint density at radius 3 is 2.75 bits per heavy atom. The fraction of sp³-hybridized carbons (Fsp3) is 0.667. The van der Waals surface area contributed by atoms with E-state index in [2.05, 4.69) is 20.7 Å². The average molecular weight is 383 g/mol. The summed E-state index contributed by atoms with van der Waals surface area (Å²) in [6.45, 7) is 1.84. The predicted octanol–water partition coefficient (Wildman–Crippen LogP) is 1.93. The van der Waals surface area contributed by atoms with Crippen molar-refractivity contribution in [3.05, 3.63) is 15.9 Å². The number of rotatable bonds is 6. The molecule has 2 heterocycles. The minimum atomic E-state index is -3.44. The SMILES string of the molecule is N[C@H](CNS(=O)(=O)c1ccc(Br)s1)CC1CCOCC1. The second-order valence-corrected chi connectivity index (χ2v) is 9.42. The van der Waals surface area contributed by atoms with E-state index in [4.69, 9.17) is 10.5 Å². The number of sulfonamides is 1. The minimum Gasteiger partial charge on any atom is -0.381 e. The highest BCUT2D eigenvalue weighted by Gasteiger charge is 2.20. The molecule has 0 saturated carbocycles. The lowest BCUT2D eigenvalue weighted by Crippen LogP contribution is -2.38. The molecule has 2 rings (SSSR count). The molecule has 20 heavy (non-hydrogen) atoms. The summed E-state index contributed by atoms with van der Waals surface area (Å²) in [7, 11) is -3.44. The van der Waals surface area contributed by atoms with Crippen LogP contribution >= 0.6 is 27.3 Å². The minimum absolute atomic E-state index is 0.156. The van der Waals surface area contributed by atoms with Gasteiger partial charge in [-0.2, -0.15) is 0 Å². The summed E-state index contributed by atoms with van der Waals surface area (Å²) in [6, 6.07) is 3.15. The Balaban J connectivity index is 1.81. The van der Waals surface area contributed by atoms with Crippen LogP contribution in [0.25, 0.3) is 0 Å². The number of ether oxygens (including phenoxy) is 1. The van der Waals surface area contributed by atoms with Crippen LogP contribution in [0.1, 0.15) is 19.3 Å². The summed E-state index contributed by atoms with van der Waals surface area (Å²) in [6.07, 6.45) is 2.86. The van der Waals surface area contributed by atoms with E-state index in [0.717, 1.165) is 36.3 Å². The molecular weight excluding hydrogens is 364 g/mol. The van der Waals surface area contributed by atoms with Crippen molar-refractivity contribution in [2.45, 2.75) is 29.5 Å². The second-order valence-electron chi connectivity index (χ2n) is 4.96. The van der Waals surface area contributed by atoms with Gasteiger partial charge in [-0.05, 0) is 53.2 Å². The zero-order valence-electron chi connectivity index (χ0n) is 11.0. The van der Waals surface area contributed by atoms with Crippen molar-refractivity contribution in [2.75, 3.05) is 19.8 Å². The van der Waals surface area contributed by atoms with Gasteiger partial charge in [-0.3, -0.25) is 0 Å². The van der Waals surface area contributed by atoms with Crippen molar-refractivity contribution in [2.24, 2.45) is 11.7 Å². The predicted molar refractivity (Wildman–Crippen MR) is 83.3 cm³/mol. The number of nitrogens with one attached hydrogen (secondary N) is 1. The van der Waals surface area contributed by atoms with Gasteiger partial charge in [-0.25, -0.2) is 13.1 Å². The molecule has 0 spiro atoms. The van der Waals surface area contributed by atoms with Crippen LogP contribution in [0.3, 0.4) is 0 Å². The lowest BCUT2D eigenvalue weighted by Gasteiger charge is -2.24. The molecule has 8 heteroatoms.